The van der Waals surface area contributed by atoms with Crippen LogP contribution in [0.5, 0.6) is 0 Å². The molecule has 1 fully saturated rings. The van der Waals surface area contributed by atoms with Crippen LogP contribution in [0.25, 0.3) is 0 Å². The maximum absolute atomic E-state index is 4.81. The molecule has 1 unspecified atom stereocenters. The number of piperazine rings is 1. The molecule has 1 aromatic heterocycles. The Morgan fingerprint density at radius 2 is 2.05 bits per heavy atom. The molecule has 1 saturated heterocycles. The van der Waals surface area contributed by atoms with Crippen molar-refractivity contribution in [3.63, 3.8) is 0 Å². The summed E-state index contributed by atoms with van der Waals surface area (Å²) >= 11 is 3.62. The third kappa shape index (κ3) is 3.30. The Labute approximate surface area is 129 Å². The molecule has 5 nitrogen and oxygen atoms in total. The monoisotopic (exact) mass is 341 g/mol. The molecule has 2 rings (SSSR count). The summed E-state index contributed by atoms with van der Waals surface area (Å²) in [5.41, 5.74) is 1.10. The number of nitrogens with one attached hydrogen (secondary N) is 1. The van der Waals surface area contributed by atoms with Crippen LogP contribution in [0.4, 0.5) is 5.82 Å². The molecule has 1 N–H and O–H groups in total. The molecule has 1 atom stereocenters. The Balaban J connectivity index is 2.37. The fraction of sp³-hybridized carbons (Fsp3) is 0.714. The molecular weight excluding hydrogens is 318 g/mol. The van der Waals surface area contributed by atoms with Gasteiger partial charge in [0, 0.05) is 26.7 Å². The molecule has 0 radical (unpaired) electrons. The van der Waals surface area contributed by atoms with Gasteiger partial charge in [-0.3, -0.25) is 4.90 Å². The van der Waals surface area contributed by atoms with E-state index in [1.165, 1.54) is 0 Å². The Morgan fingerprint density at radius 1 is 1.30 bits per heavy atom. The van der Waals surface area contributed by atoms with Crippen molar-refractivity contribution in [2.45, 2.75) is 25.8 Å². The highest BCUT2D eigenvalue weighted by molar-refractivity contribution is 9.10. The van der Waals surface area contributed by atoms with Crippen LogP contribution < -0.4 is 5.32 Å². The molecule has 1 aliphatic rings. The molecule has 0 aliphatic carbocycles. The van der Waals surface area contributed by atoms with Crippen LogP contribution in [0.3, 0.4) is 0 Å². The van der Waals surface area contributed by atoms with Gasteiger partial charge in [-0.05, 0) is 36.4 Å². The molecule has 0 spiro atoms. The summed E-state index contributed by atoms with van der Waals surface area (Å²) in [6.07, 6.45) is 2.05. The number of hydrogen-bond acceptors (Lipinski definition) is 5. The molecule has 6 heteroatoms. The number of aromatic nitrogens is 2. The van der Waals surface area contributed by atoms with Gasteiger partial charge in [0.1, 0.15) is 11.6 Å². The second kappa shape index (κ2) is 6.83. The van der Waals surface area contributed by atoms with E-state index in [4.69, 9.17) is 9.97 Å². The molecule has 1 aromatic rings. The summed E-state index contributed by atoms with van der Waals surface area (Å²) in [6.45, 7) is 5.31. The molecular formula is C14H24BrN5. The molecule has 1 aliphatic heterocycles. The van der Waals surface area contributed by atoms with Crippen molar-refractivity contribution in [3.05, 3.63) is 16.0 Å². The van der Waals surface area contributed by atoms with Crippen LogP contribution >= 0.6 is 15.9 Å². The first-order chi connectivity index (χ1) is 9.56. The van der Waals surface area contributed by atoms with Crippen LogP contribution in [0.15, 0.2) is 4.47 Å². The van der Waals surface area contributed by atoms with E-state index in [1.54, 1.807) is 0 Å². The average Bonchev–Trinajstić information content (AvgIpc) is 2.44. The lowest BCUT2D eigenvalue weighted by molar-refractivity contribution is 0.109. The molecule has 0 saturated carbocycles. The lowest BCUT2D eigenvalue weighted by Crippen LogP contribution is -2.45. The Morgan fingerprint density at radius 3 is 2.70 bits per heavy atom. The van der Waals surface area contributed by atoms with Crippen molar-refractivity contribution in [1.82, 2.24) is 19.8 Å². The van der Waals surface area contributed by atoms with Crippen molar-refractivity contribution in [2.75, 3.05) is 46.1 Å². The zero-order valence-electron chi connectivity index (χ0n) is 12.8. The van der Waals surface area contributed by atoms with Gasteiger partial charge in [0.15, 0.2) is 0 Å². The van der Waals surface area contributed by atoms with Gasteiger partial charge in [0.2, 0.25) is 0 Å². The summed E-state index contributed by atoms with van der Waals surface area (Å²) in [7, 11) is 6.22. The number of anilines is 1. The zero-order valence-corrected chi connectivity index (χ0v) is 14.4. The summed E-state index contributed by atoms with van der Waals surface area (Å²) in [6, 6.07) is 0.268. The van der Waals surface area contributed by atoms with Crippen LogP contribution in [0.1, 0.15) is 30.9 Å². The minimum Gasteiger partial charge on any atom is -0.372 e. The maximum Gasteiger partial charge on any atom is 0.149 e. The third-order valence-electron chi connectivity index (χ3n) is 3.81. The van der Waals surface area contributed by atoms with E-state index in [2.05, 4.69) is 52.1 Å². The average molecular weight is 342 g/mol. The lowest BCUT2D eigenvalue weighted by Gasteiger charge is -2.36. The fourth-order valence-corrected chi connectivity index (χ4v) is 3.09. The number of aryl methyl sites for hydroxylation is 1. The van der Waals surface area contributed by atoms with E-state index < -0.39 is 0 Å². The highest BCUT2D eigenvalue weighted by atomic mass is 79.9. The number of hydrogen-bond donors (Lipinski definition) is 1. The molecule has 2 heterocycles. The second-order valence-electron chi connectivity index (χ2n) is 5.45. The quantitative estimate of drug-likeness (QED) is 0.908. The van der Waals surface area contributed by atoms with Gasteiger partial charge in [-0.2, -0.15) is 0 Å². The third-order valence-corrected chi connectivity index (χ3v) is 4.64. The standard InChI is InChI=1S/C14H24BrN5/c1-5-6-10-12(15)14(16-2)18-13(17-10)11-9-19(3)7-8-20(11)4/h11H,5-9H2,1-4H3,(H,16,17,18). The predicted molar refractivity (Wildman–Crippen MR) is 86.1 cm³/mol. The van der Waals surface area contributed by atoms with Crippen molar-refractivity contribution < 1.29 is 0 Å². The first-order valence-corrected chi connectivity index (χ1v) is 7.99. The molecule has 112 valence electrons. The summed E-state index contributed by atoms with van der Waals surface area (Å²) < 4.78 is 0.998. The van der Waals surface area contributed by atoms with E-state index in [0.717, 1.165) is 54.3 Å². The molecule has 0 aromatic carbocycles. The van der Waals surface area contributed by atoms with E-state index >= 15 is 0 Å². The van der Waals surface area contributed by atoms with Gasteiger partial charge in [0.05, 0.1) is 16.2 Å². The fourth-order valence-electron chi connectivity index (χ4n) is 2.52. The van der Waals surface area contributed by atoms with Gasteiger partial charge < -0.3 is 10.2 Å². The molecule has 0 bridgehead atoms. The van der Waals surface area contributed by atoms with Crippen LogP contribution in [0.2, 0.25) is 0 Å². The highest BCUT2D eigenvalue weighted by Crippen LogP contribution is 2.28. The van der Waals surface area contributed by atoms with E-state index in [9.17, 15) is 0 Å². The van der Waals surface area contributed by atoms with E-state index in [1.807, 2.05) is 7.05 Å². The molecule has 0 amide bonds. The van der Waals surface area contributed by atoms with Gasteiger partial charge in [-0.1, -0.05) is 13.3 Å². The number of likely N-dealkylation sites (N-methyl/N-ethyl adjacent to an activating group) is 2. The van der Waals surface area contributed by atoms with Crippen LogP contribution in [-0.4, -0.2) is 60.5 Å². The topological polar surface area (TPSA) is 44.3 Å². The number of nitrogens with zero attached hydrogens (tertiary/aromatic N) is 4. The van der Waals surface area contributed by atoms with Gasteiger partial charge >= 0.3 is 0 Å². The summed E-state index contributed by atoms with van der Waals surface area (Å²) in [5, 5.41) is 3.17. The van der Waals surface area contributed by atoms with E-state index in [-0.39, 0.29) is 6.04 Å². The number of halogens is 1. The molecule has 20 heavy (non-hydrogen) atoms. The Kier molecular flexibility index (Phi) is 5.35. The highest BCUT2D eigenvalue weighted by Gasteiger charge is 2.27. The van der Waals surface area contributed by atoms with Crippen molar-refractivity contribution >= 4 is 21.7 Å². The van der Waals surface area contributed by atoms with Crippen LogP contribution in [-0.2, 0) is 6.42 Å². The van der Waals surface area contributed by atoms with E-state index in [0.29, 0.717) is 0 Å². The van der Waals surface area contributed by atoms with Crippen LogP contribution in [0, 0.1) is 0 Å². The summed E-state index contributed by atoms with van der Waals surface area (Å²) in [4.78, 5) is 14.2. The number of rotatable bonds is 4. The van der Waals surface area contributed by atoms with Gasteiger partial charge in [0.25, 0.3) is 0 Å². The Bertz CT molecular complexity index is 465. The van der Waals surface area contributed by atoms with Crippen molar-refractivity contribution in [2.24, 2.45) is 0 Å². The smallest absolute Gasteiger partial charge is 0.149 e. The van der Waals surface area contributed by atoms with Crippen molar-refractivity contribution in [1.29, 1.82) is 0 Å². The predicted octanol–water partition coefficient (Wildman–Crippen LogP) is 2.15. The van der Waals surface area contributed by atoms with Crippen molar-refractivity contribution in [3.8, 4) is 0 Å². The summed E-state index contributed by atoms with van der Waals surface area (Å²) in [5.74, 6) is 1.81. The second-order valence-corrected chi connectivity index (χ2v) is 6.24. The largest absolute Gasteiger partial charge is 0.372 e. The normalized spacial score (nSPS) is 21.1. The zero-order chi connectivity index (χ0) is 14.7. The SMILES string of the molecule is CCCc1nc(C2CN(C)CCN2C)nc(NC)c1Br. The maximum atomic E-state index is 4.81. The minimum atomic E-state index is 0.268. The lowest BCUT2D eigenvalue weighted by atomic mass is 10.1. The Hall–Kier alpha value is -0.720. The first-order valence-electron chi connectivity index (χ1n) is 7.19. The van der Waals surface area contributed by atoms with Gasteiger partial charge in [-0.25, -0.2) is 9.97 Å². The van der Waals surface area contributed by atoms with Gasteiger partial charge in [-0.15, -0.1) is 0 Å². The minimum absolute atomic E-state index is 0.268. The first kappa shape index (κ1) is 15.7.